The fourth-order valence-corrected chi connectivity index (χ4v) is 2.30. The third-order valence-corrected chi connectivity index (χ3v) is 3.60. The van der Waals surface area contributed by atoms with Gasteiger partial charge in [-0.15, -0.1) is 4.90 Å². The van der Waals surface area contributed by atoms with Crippen molar-refractivity contribution in [3.8, 4) is 0 Å². The van der Waals surface area contributed by atoms with E-state index in [9.17, 15) is 18.4 Å². The molecule has 0 saturated carbocycles. The van der Waals surface area contributed by atoms with Gasteiger partial charge in [0.25, 0.3) is 0 Å². The van der Waals surface area contributed by atoms with Gasteiger partial charge in [-0.05, 0) is 57.5 Å². The Morgan fingerprint density at radius 2 is 1.52 bits per heavy atom. The van der Waals surface area contributed by atoms with E-state index in [1.54, 1.807) is 41.5 Å². The van der Waals surface area contributed by atoms with E-state index in [0.29, 0.717) is 11.0 Å². The number of rotatable bonds is 1. The van der Waals surface area contributed by atoms with Crippen LogP contribution in [0.25, 0.3) is 11.1 Å². The first-order valence-electron chi connectivity index (χ1n) is 7.90. The summed E-state index contributed by atoms with van der Waals surface area (Å²) in [5, 5.41) is 0. The lowest BCUT2D eigenvalue weighted by molar-refractivity contribution is 0.0420. The van der Waals surface area contributed by atoms with Crippen LogP contribution in [0.4, 0.5) is 24.4 Å². The van der Waals surface area contributed by atoms with Crippen LogP contribution in [0.5, 0.6) is 0 Å². The van der Waals surface area contributed by atoms with Crippen molar-refractivity contribution in [1.82, 2.24) is 4.98 Å². The number of hydrogen-bond donors (Lipinski definition) is 0. The van der Waals surface area contributed by atoms with Crippen molar-refractivity contribution in [2.45, 2.75) is 52.7 Å². The number of benzene rings is 1. The van der Waals surface area contributed by atoms with Crippen LogP contribution in [-0.4, -0.2) is 28.4 Å². The average molecular weight is 449 g/mol. The fraction of sp³-hybridized carbons (Fsp3) is 0.471. The van der Waals surface area contributed by atoms with Crippen LogP contribution < -0.4 is 4.90 Å². The predicted molar refractivity (Wildman–Crippen MR) is 96.6 cm³/mol. The van der Waals surface area contributed by atoms with Crippen molar-refractivity contribution in [2.24, 2.45) is 0 Å². The number of aromatic nitrogens is 1. The maximum atomic E-state index is 14.0. The minimum atomic E-state index is -1.14. The number of amides is 2. The van der Waals surface area contributed by atoms with Gasteiger partial charge >= 0.3 is 18.2 Å². The second-order valence-electron chi connectivity index (χ2n) is 7.62. The number of hydrogen-bond acceptors (Lipinski definition) is 6. The highest BCUT2D eigenvalue weighted by atomic mass is 79.9. The first-order valence-corrected chi connectivity index (χ1v) is 8.69. The van der Waals surface area contributed by atoms with Crippen LogP contribution in [0.3, 0.4) is 0 Å². The van der Waals surface area contributed by atoms with Gasteiger partial charge < -0.3 is 13.9 Å². The summed E-state index contributed by atoms with van der Waals surface area (Å²) < 4.78 is 43.1. The molecule has 0 saturated heterocycles. The molecule has 1 aromatic heterocycles. The molecule has 7 nitrogen and oxygen atoms in total. The molecule has 0 spiro atoms. The van der Waals surface area contributed by atoms with Crippen LogP contribution in [0.2, 0.25) is 0 Å². The summed E-state index contributed by atoms with van der Waals surface area (Å²) in [6.45, 7) is 9.56. The highest BCUT2D eigenvalue weighted by molar-refractivity contribution is 9.10. The molecular weight excluding hydrogens is 430 g/mol. The summed E-state index contributed by atoms with van der Waals surface area (Å²) in [5.74, 6) is -1.96. The molecule has 148 valence electrons. The summed E-state index contributed by atoms with van der Waals surface area (Å²) in [4.78, 5) is 29.3. The van der Waals surface area contributed by atoms with E-state index >= 15 is 0 Å². The van der Waals surface area contributed by atoms with Crippen molar-refractivity contribution < 1.29 is 32.3 Å². The third kappa shape index (κ3) is 4.94. The molecule has 0 N–H and O–H groups in total. The molecule has 0 unspecified atom stereocenters. The summed E-state index contributed by atoms with van der Waals surface area (Å²) in [6.07, 6.45) is -2.28. The Hall–Kier alpha value is -2.23. The molecule has 2 rings (SSSR count). The number of ether oxygens (including phenoxy) is 2. The van der Waals surface area contributed by atoms with Crippen LogP contribution in [0.15, 0.2) is 15.0 Å². The molecule has 2 amide bonds. The largest absolute Gasteiger partial charge is 0.443 e. The third-order valence-electron chi connectivity index (χ3n) is 2.85. The molecular formula is C17H19BrF2N2O5. The van der Waals surface area contributed by atoms with E-state index < -0.39 is 46.6 Å². The summed E-state index contributed by atoms with van der Waals surface area (Å²) >= 11 is 2.93. The normalized spacial score (nSPS) is 12.2. The topological polar surface area (TPSA) is 81.9 Å². The zero-order chi connectivity index (χ0) is 20.7. The van der Waals surface area contributed by atoms with E-state index in [1.165, 1.54) is 0 Å². The van der Waals surface area contributed by atoms with Gasteiger partial charge in [-0.2, -0.15) is 4.98 Å². The summed E-state index contributed by atoms with van der Waals surface area (Å²) in [6, 6.07) is -0.0224. The van der Waals surface area contributed by atoms with Crippen LogP contribution in [-0.2, 0) is 9.47 Å². The van der Waals surface area contributed by atoms with Crippen molar-refractivity contribution >= 4 is 45.2 Å². The van der Waals surface area contributed by atoms with Crippen molar-refractivity contribution in [1.29, 1.82) is 0 Å². The molecule has 0 aliphatic rings. The van der Waals surface area contributed by atoms with E-state index in [0.717, 1.165) is 0 Å². The van der Waals surface area contributed by atoms with Crippen LogP contribution >= 0.6 is 15.9 Å². The number of nitrogens with zero attached hydrogens (tertiary/aromatic N) is 2. The highest BCUT2D eigenvalue weighted by Gasteiger charge is 2.36. The average Bonchev–Trinajstić information content (AvgIpc) is 2.86. The van der Waals surface area contributed by atoms with Crippen molar-refractivity contribution in [3.63, 3.8) is 0 Å². The predicted octanol–water partition coefficient (Wildman–Crippen LogP) is 5.55. The van der Waals surface area contributed by atoms with Gasteiger partial charge in [-0.3, -0.25) is 0 Å². The van der Waals surface area contributed by atoms with Gasteiger partial charge in [-0.1, -0.05) is 0 Å². The van der Waals surface area contributed by atoms with E-state index in [2.05, 4.69) is 20.9 Å². The number of carbonyl (C=O) groups is 2. The quantitative estimate of drug-likeness (QED) is 0.532. The smallest absolute Gasteiger partial charge is 0.428 e. The minimum absolute atomic E-state index is 0.178. The zero-order valence-corrected chi connectivity index (χ0v) is 17.2. The lowest BCUT2D eigenvalue weighted by Gasteiger charge is -2.26. The first-order chi connectivity index (χ1) is 12.2. The lowest BCUT2D eigenvalue weighted by atomic mass is 10.2. The van der Waals surface area contributed by atoms with Gasteiger partial charge in [0.2, 0.25) is 0 Å². The Kier molecular flexibility index (Phi) is 5.51. The number of halogens is 3. The van der Waals surface area contributed by atoms with E-state index in [4.69, 9.17) is 13.9 Å². The molecule has 10 heteroatoms. The number of fused-ring (bicyclic) bond motifs is 1. The summed E-state index contributed by atoms with van der Waals surface area (Å²) in [7, 11) is 0. The maximum Gasteiger partial charge on any atom is 0.428 e. The number of oxazole rings is 1. The maximum absolute atomic E-state index is 14.0. The van der Waals surface area contributed by atoms with Gasteiger partial charge in [0.15, 0.2) is 11.4 Å². The Balaban J connectivity index is 2.58. The highest BCUT2D eigenvalue weighted by Crippen LogP contribution is 2.33. The van der Waals surface area contributed by atoms with Gasteiger partial charge in [-0.25, -0.2) is 18.4 Å². The second kappa shape index (κ2) is 7.06. The van der Waals surface area contributed by atoms with Crippen LogP contribution in [0.1, 0.15) is 41.5 Å². The molecule has 0 atom stereocenters. The van der Waals surface area contributed by atoms with Crippen molar-refractivity contribution in [2.75, 3.05) is 4.90 Å². The Morgan fingerprint density at radius 1 is 1.04 bits per heavy atom. The first kappa shape index (κ1) is 21.1. The van der Waals surface area contributed by atoms with E-state index in [1.807, 2.05) is 0 Å². The lowest BCUT2D eigenvalue weighted by Crippen LogP contribution is -2.44. The van der Waals surface area contributed by atoms with E-state index in [-0.39, 0.29) is 9.99 Å². The molecule has 1 heterocycles. The molecule has 0 fully saturated rings. The molecule has 0 aliphatic carbocycles. The summed E-state index contributed by atoms with van der Waals surface area (Å²) in [5.41, 5.74) is -2.56. The molecule has 0 aliphatic heterocycles. The number of anilines is 1. The number of imide groups is 1. The molecule has 1 aromatic carbocycles. The molecule has 27 heavy (non-hydrogen) atoms. The Bertz CT molecular complexity index is 871. The van der Waals surface area contributed by atoms with Gasteiger partial charge in [0.05, 0.1) is 4.47 Å². The molecule has 0 radical (unpaired) electrons. The Morgan fingerprint density at radius 3 is 1.96 bits per heavy atom. The van der Waals surface area contributed by atoms with Crippen molar-refractivity contribution in [3.05, 3.63) is 22.2 Å². The van der Waals surface area contributed by atoms with Crippen LogP contribution in [0, 0.1) is 11.6 Å². The molecule has 2 aromatic rings. The Labute approximate surface area is 162 Å². The minimum Gasteiger partial charge on any atom is -0.443 e. The standard InChI is InChI=1S/C17H19BrF2N2O5/c1-16(2,3)26-14(23)22(15(24)27-17(4,5)6)13-21-11-10(18)8(19)7-9(20)12(11)25-13/h7H,1-6H3. The van der Waals surface area contributed by atoms with Gasteiger partial charge in [0, 0.05) is 6.07 Å². The monoisotopic (exact) mass is 448 g/mol. The fourth-order valence-electron chi connectivity index (χ4n) is 1.91. The second-order valence-corrected chi connectivity index (χ2v) is 8.42. The van der Waals surface area contributed by atoms with Gasteiger partial charge in [0.1, 0.15) is 22.5 Å². The SMILES string of the molecule is CC(C)(C)OC(=O)N(C(=O)OC(C)(C)C)c1nc2c(Br)c(F)cc(F)c2o1. The zero-order valence-electron chi connectivity index (χ0n) is 15.6. The molecule has 0 bridgehead atoms. The number of carbonyl (C=O) groups excluding carboxylic acids is 2.